The summed E-state index contributed by atoms with van der Waals surface area (Å²) in [7, 11) is 1.45. The van der Waals surface area contributed by atoms with Crippen LogP contribution in [-0.4, -0.2) is 32.1 Å². The molecule has 0 unspecified atom stereocenters. The number of hydrogen-bond acceptors (Lipinski definition) is 5. The van der Waals surface area contributed by atoms with Gasteiger partial charge >= 0.3 is 11.9 Å². The number of esters is 1. The molecule has 2 aromatic rings. The first-order valence-electron chi connectivity index (χ1n) is 11.4. The normalized spacial score (nSPS) is 11.2. The summed E-state index contributed by atoms with van der Waals surface area (Å²) in [5.41, 5.74) is -0.0605. The van der Waals surface area contributed by atoms with Crippen LogP contribution in [0, 0.1) is 0 Å². The van der Waals surface area contributed by atoms with Crippen molar-refractivity contribution in [1.29, 1.82) is 0 Å². The summed E-state index contributed by atoms with van der Waals surface area (Å²) in [6.45, 7) is 4.07. The predicted octanol–water partition coefficient (Wildman–Crippen LogP) is 6.32. The third-order valence-corrected chi connectivity index (χ3v) is 5.23. The Labute approximate surface area is 194 Å². The third kappa shape index (κ3) is 7.27. The number of methoxy groups -OCH3 is 1. The van der Waals surface area contributed by atoms with Gasteiger partial charge in [-0.15, -0.1) is 0 Å². The van der Waals surface area contributed by atoms with Crippen molar-refractivity contribution < 1.29 is 32.6 Å². The van der Waals surface area contributed by atoms with Crippen LogP contribution in [0.1, 0.15) is 73.9 Å². The van der Waals surface area contributed by atoms with Crippen LogP contribution in [0.15, 0.2) is 42.5 Å². The minimum atomic E-state index is -3.79. The molecule has 0 N–H and O–H groups in total. The van der Waals surface area contributed by atoms with E-state index in [9.17, 15) is 18.4 Å². The van der Waals surface area contributed by atoms with Crippen LogP contribution in [0.5, 0.6) is 11.5 Å². The largest absolute Gasteiger partial charge is 0.496 e. The molecule has 0 heterocycles. The molecule has 0 aromatic heterocycles. The molecule has 0 saturated carbocycles. The van der Waals surface area contributed by atoms with E-state index in [0.717, 1.165) is 25.0 Å². The fourth-order valence-corrected chi connectivity index (χ4v) is 3.35. The molecular formula is C26H32F2O5. The van der Waals surface area contributed by atoms with Gasteiger partial charge in [-0.2, -0.15) is 8.78 Å². The summed E-state index contributed by atoms with van der Waals surface area (Å²) in [5, 5.41) is 0. The van der Waals surface area contributed by atoms with E-state index in [-0.39, 0.29) is 23.5 Å². The topological polar surface area (TPSA) is 61.8 Å². The Kier molecular flexibility index (Phi) is 10.3. The number of carbonyl (C=O) groups is 2. The van der Waals surface area contributed by atoms with E-state index in [4.69, 9.17) is 9.47 Å². The number of halogens is 2. The van der Waals surface area contributed by atoms with Gasteiger partial charge in [0.25, 0.3) is 0 Å². The van der Waals surface area contributed by atoms with E-state index in [0.29, 0.717) is 18.1 Å². The SMILES string of the molecule is CCCCCCCCOc1ccc(C(=O)c2ccc(C(F)(F)C(=O)OCC)cc2)c(OC)c1. The number of unbranched alkanes of at least 4 members (excludes halogenated alkanes) is 5. The molecule has 0 fully saturated rings. The number of alkyl halides is 2. The molecule has 0 spiro atoms. The second-order valence-corrected chi connectivity index (χ2v) is 7.68. The van der Waals surface area contributed by atoms with Crippen LogP contribution in [0.2, 0.25) is 0 Å². The summed E-state index contributed by atoms with van der Waals surface area (Å²) in [6.07, 6.45) is 6.96. The summed E-state index contributed by atoms with van der Waals surface area (Å²) < 4.78 is 43.9. The van der Waals surface area contributed by atoms with Crippen molar-refractivity contribution in [2.24, 2.45) is 0 Å². The Morgan fingerprint density at radius 3 is 2.21 bits per heavy atom. The van der Waals surface area contributed by atoms with Crippen molar-refractivity contribution in [3.8, 4) is 11.5 Å². The Morgan fingerprint density at radius 2 is 1.58 bits per heavy atom. The van der Waals surface area contributed by atoms with E-state index < -0.39 is 17.5 Å². The maximum Gasteiger partial charge on any atom is 0.381 e. The highest BCUT2D eigenvalue weighted by Crippen LogP contribution is 2.31. The van der Waals surface area contributed by atoms with Crippen LogP contribution in [0.25, 0.3) is 0 Å². The lowest BCUT2D eigenvalue weighted by Gasteiger charge is -2.15. The third-order valence-electron chi connectivity index (χ3n) is 5.23. The van der Waals surface area contributed by atoms with Crippen LogP contribution >= 0.6 is 0 Å². The van der Waals surface area contributed by atoms with Crippen LogP contribution in [0.4, 0.5) is 8.78 Å². The molecule has 180 valence electrons. The van der Waals surface area contributed by atoms with E-state index in [1.54, 1.807) is 18.2 Å². The second-order valence-electron chi connectivity index (χ2n) is 7.68. The summed E-state index contributed by atoms with van der Waals surface area (Å²) in [5.74, 6) is -4.87. The number of carbonyl (C=O) groups excluding carboxylic acids is 2. The summed E-state index contributed by atoms with van der Waals surface area (Å²) in [4.78, 5) is 24.4. The van der Waals surface area contributed by atoms with Crippen LogP contribution in [0.3, 0.4) is 0 Å². The average molecular weight is 463 g/mol. The van der Waals surface area contributed by atoms with Gasteiger partial charge in [0.2, 0.25) is 0 Å². The predicted molar refractivity (Wildman–Crippen MR) is 122 cm³/mol. The molecule has 0 aliphatic carbocycles. The number of ether oxygens (including phenoxy) is 3. The number of rotatable bonds is 14. The van der Waals surface area contributed by atoms with Crippen molar-refractivity contribution in [3.63, 3.8) is 0 Å². The highest BCUT2D eigenvalue weighted by molar-refractivity contribution is 6.10. The van der Waals surface area contributed by atoms with Gasteiger partial charge in [0.1, 0.15) is 11.5 Å². The van der Waals surface area contributed by atoms with Crippen molar-refractivity contribution in [1.82, 2.24) is 0 Å². The Bertz CT molecular complexity index is 909. The molecule has 0 saturated heterocycles. The minimum Gasteiger partial charge on any atom is -0.496 e. The maximum absolute atomic E-state index is 14.2. The molecule has 2 aromatic carbocycles. The van der Waals surface area contributed by atoms with E-state index in [1.165, 1.54) is 51.8 Å². The van der Waals surface area contributed by atoms with E-state index >= 15 is 0 Å². The zero-order valence-corrected chi connectivity index (χ0v) is 19.5. The quantitative estimate of drug-likeness (QED) is 0.187. The van der Waals surface area contributed by atoms with Crippen molar-refractivity contribution >= 4 is 11.8 Å². The van der Waals surface area contributed by atoms with Gasteiger partial charge in [-0.05, 0) is 25.5 Å². The number of hydrogen-bond donors (Lipinski definition) is 0. The molecule has 7 heteroatoms. The lowest BCUT2D eigenvalue weighted by atomic mass is 9.99. The van der Waals surface area contributed by atoms with Crippen LogP contribution < -0.4 is 9.47 Å². The molecule has 0 amide bonds. The van der Waals surface area contributed by atoms with Gasteiger partial charge in [-0.1, -0.05) is 63.3 Å². The molecule has 0 aliphatic rings. The summed E-state index contributed by atoms with van der Waals surface area (Å²) >= 11 is 0. The molecule has 2 rings (SSSR count). The van der Waals surface area contributed by atoms with Gasteiger partial charge in [-0.3, -0.25) is 4.79 Å². The highest BCUT2D eigenvalue weighted by Gasteiger charge is 2.42. The first-order valence-corrected chi connectivity index (χ1v) is 11.4. The average Bonchev–Trinajstić information content (AvgIpc) is 2.83. The monoisotopic (exact) mass is 462 g/mol. The van der Waals surface area contributed by atoms with Crippen molar-refractivity contribution in [2.45, 2.75) is 58.3 Å². The Morgan fingerprint density at radius 1 is 0.909 bits per heavy atom. The van der Waals surface area contributed by atoms with E-state index in [1.807, 2.05) is 0 Å². The van der Waals surface area contributed by atoms with Gasteiger partial charge in [0, 0.05) is 17.2 Å². The lowest BCUT2D eigenvalue weighted by molar-refractivity contribution is -0.173. The number of benzene rings is 2. The standard InChI is InChI=1S/C26H32F2O5/c1-4-6-7-8-9-10-17-33-21-15-16-22(23(18-21)31-3)24(29)19-11-13-20(14-12-19)26(27,28)25(30)32-5-2/h11-16,18H,4-10,17H2,1-3H3. The molecule has 0 bridgehead atoms. The molecular weight excluding hydrogens is 430 g/mol. The van der Waals surface area contributed by atoms with Crippen LogP contribution in [-0.2, 0) is 15.5 Å². The van der Waals surface area contributed by atoms with Gasteiger partial charge in [0.15, 0.2) is 5.78 Å². The molecule has 0 atom stereocenters. The molecule has 33 heavy (non-hydrogen) atoms. The van der Waals surface area contributed by atoms with Gasteiger partial charge in [-0.25, -0.2) is 4.79 Å². The summed E-state index contributed by atoms with van der Waals surface area (Å²) in [6, 6.07) is 9.55. The highest BCUT2D eigenvalue weighted by atomic mass is 19.3. The Hall–Kier alpha value is -2.96. The zero-order valence-electron chi connectivity index (χ0n) is 19.5. The molecule has 0 radical (unpaired) electrons. The van der Waals surface area contributed by atoms with Crippen molar-refractivity contribution in [3.05, 3.63) is 59.2 Å². The fourth-order valence-electron chi connectivity index (χ4n) is 3.35. The van der Waals surface area contributed by atoms with Crippen molar-refractivity contribution in [2.75, 3.05) is 20.3 Å². The fraction of sp³-hybridized carbons (Fsp3) is 0.462. The first-order chi connectivity index (χ1) is 15.8. The Balaban J connectivity index is 2.04. The van der Waals surface area contributed by atoms with E-state index in [2.05, 4.69) is 11.7 Å². The smallest absolute Gasteiger partial charge is 0.381 e. The zero-order chi connectivity index (χ0) is 24.3. The molecule has 5 nitrogen and oxygen atoms in total. The number of ketones is 1. The van der Waals surface area contributed by atoms with Gasteiger partial charge in [0.05, 0.1) is 25.9 Å². The lowest BCUT2D eigenvalue weighted by Crippen LogP contribution is -2.28. The molecule has 0 aliphatic heterocycles. The minimum absolute atomic E-state index is 0.149. The van der Waals surface area contributed by atoms with Gasteiger partial charge < -0.3 is 14.2 Å². The second kappa shape index (κ2) is 12.9. The first kappa shape index (κ1) is 26.3. The maximum atomic E-state index is 14.2.